The van der Waals surface area contributed by atoms with Crippen molar-refractivity contribution in [2.75, 3.05) is 25.4 Å². The van der Waals surface area contributed by atoms with Crippen LogP contribution in [0.3, 0.4) is 0 Å². The van der Waals surface area contributed by atoms with Crippen molar-refractivity contribution in [3.63, 3.8) is 0 Å². The van der Waals surface area contributed by atoms with E-state index in [2.05, 4.69) is 6.92 Å². The SMILES string of the molecule is CCCc1sc2nc(SCC(=O)N3CCCC3)n(-c3ccc(OCC)cc3)c(=O)c2c1C. The number of ether oxygens (including phenoxy) is 1. The molecule has 0 aliphatic carbocycles. The van der Waals surface area contributed by atoms with E-state index in [4.69, 9.17) is 9.72 Å². The molecular formula is C24H29N3O3S2. The molecule has 6 nitrogen and oxygen atoms in total. The zero-order chi connectivity index (χ0) is 22.7. The standard InChI is InChI=1S/C24H29N3O3S2/c1-4-8-19-16(3)21-22(32-19)25-24(31-15-20(28)26-13-6-7-14-26)27(23(21)29)17-9-11-18(12-10-17)30-5-2/h9-12H,4-8,13-15H2,1-3H3. The lowest BCUT2D eigenvalue weighted by atomic mass is 10.1. The van der Waals surface area contributed by atoms with Gasteiger partial charge in [-0.05, 0) is 62.9 Å². The maximum atomic E-state index is 13.7. The lowest BCUT2D eigenvalue weighted by molar-refractivity contribution is -0.127. The molecule has 1 amide bonds. The van der Waals surface area contributed by atoms with Crippen molar-refractivity contribution in [2.24, 2.45) is 0 Å². The third kappa shape index (κ3) is 4.57. The summed E-state index contributed by atoms with van der Waals surface area (Å²) in [6, 6.07) is 7.48. The molecule has 0 radical (unpaired) electrons. The highest BCUT2D eigenvalue weighted by atomic mass is 32.2. The molecule has 0 unspecified atom stereocenters. The van der Waals surface area contributed by atoms with Crippen molar-refractivity contribution < 1.29 is 9.53 Å². The second-order valence-electron chi connectivity index (χ2n) is 7.92. The van der Waals surface area contributed by atoms with Gasteiger partial charge in [0.15, 0.2) is 5.16 Å². The van der Waals surface area contributed by atoms with Crippen LogP contribution in [0.25, 0.3) is 15.9 Å². The van der Waals surface area contributed by atoms with Crippen LogP contribution in [-0.4, -0.2) is 45.8 Å². The third-order valence-electron chi connectivity index (χ3n) is 5.70. The first-order chi connectivity index (χ1) is 15.5. The molecule has 0 spiro atoms. The molecule has 0 saturated carbocycles. The fraction of sp³-hybridized carbons (Fsp3) is 0.458. The molecule has 3 aromatic rings. The molecule has 8 heteroatoms. The topological polar surface area (TPSA) is 64.4 Å². The minimum absolute atomic E-state index is 0.0774. The van der Waals surface area contributed by atoms with Crippen LogP contribution in [-0.2, 0) is 11.2 Å². The first-order valence-corrected chi connectivity index (χ1v) is 13.0. The predicted molar refractivity (Wildman–Crippen MR) is 132 cm³/mol. The lowest BCUT2D eigenvalue weighted by Gasteiger charge is -2.16. The Balaban J connectivity index is 1.77. The van der Waals surface area contributed by atoms with Crippen LogP contribution in [0.5, 0.6) is 5.75 Å². The van der Waals surface area contributed by atoms with Crippen LogP contribution < -0.4 is 10.3 Å². The van der Waals surface area contributed by atoms with Gasteiger partial charge in [0.25, 0.3) is 5.56 Å². The number of carbonyl (C=O) groups is 1. The van der Waals surface area contributed by atoms with Crippen molar-refractivity contribution in [3.05, 3.63) is 45.1 Å². The van der Waals surface area contributed by atoms with Crippen molar-refractivity contribution in [2.45, 2.75) is 51.6 Å². The van der Waals surface area contributed by atoms with Gasteiger partial charge in [-0.2, -0.15) is 0 Å². The average molecular weight is 472 g/mol. The molecule has 0 N–H and O–H groups in total. The second-order valence-corrected chi connectivity index (χ2v) is 9.94. The molecule has 0 atom stereocenters. The Kier molecular flexibility index (Phi) is 7.20. The Morgan fingerprint density at radius 2 is 1.91 bits per heavy atom. The van der Waals surface area contributed by atoms with Crippen LogP contribution in [0.1, 0.15) is 43.6 Å². The monoisotopic (exact) mass is 471 g/mol. The van der Waals surface area contributed by atoms with Crippen LogP contribution in [0, 0.1) is 6.92 Å². The minimum Gasteiger partial charge on any atom is -0.494 e. The summed E-state index contributed by atoms with van der Waals surface area (Å²) in [7, 11) is 0. The van der Waals surface area contributed by atoms with Crippen molar-refractivity contribution in [1.82, 2.24) is 14.5 Å². The van der Waals surface area contributed by atoms with Crippen LogP contribution in [0.4, 0.5) is 0 Å². The molecule has 3 heterocycles. The highest BCUT2D eigenvalue weighted by molar-refractivity contribution is 7.99. The van der Waals surface area contributed by atoms with E-state index in [1.807, 2.05) is 43.0 Å². The van der Waals surface area contributed by atoms with Gasteiger partial charge in [-0.25, -0.2) is 4.98 Å². The quantitative estimate of drug-likeness (QED) is 0.348. The number of thioether (sulfide) groups is 1. The van der Waals surface area contributed by atoms with Gasteiger partial charge >= 0.3 is 0 Å². The molecule has 1 saturated heterocycles. The van der Waals surface area contributed by atoms with Crippen LogP contribution >= 0.6 is 23.1 Å². The first kappa shape index (κ1) is 22.9. The highest BCUT2D eigenvalue weighted by Gasteiger charge is 2.22. The fourth-order valence-corrected chi connectivity index (χ4v) is 6.28. The van der Waals surface area contributed by atoms with Gasteiger partial charge in [0.05, 0.1) is 23.4 Å². The van der Waals surface area contributed by atoms with E-state index in [0.717, 1.165) is 60.6 Å². The van der Waals surface area contributed by atoms with Gasteiger partial charge in [0, 0.05) is 18.0 Å². The Morgan fingerprint density at radius 1 is 1.19 bits per heavy atom. The van der Waals surface area contributed by atoms with E-state index < -0.39 is 0 Å². The third-order valence-corrected chi connectivity index (χ3v) is 7.87. The van der Waals surface area contributed by atoms with Crippen molar-refractivity contribution in [1.29, 1.82) is 0 Å². The molecule has 1 fully saturated rings. The van der Waals surface area contributed by atoms with Crippen molar-refractivity contribution >= 4 is 39.2 Å². The number of aryl methyl sites for hydroxylation is 2. The van der Waals surface area contributed by atoms with Crippen molar-refractivity contribution in [3.8, 4) is 11.4 Å². The summed E-state index contributed by atoms with van der Waals surface area (Å²) in [5, 5.41) is 1.24. The van der Waals surface area contributed by atoms with Gasteiger partial charge in [0.1, 0.15) is 10.6 Å². The van der Waals surface area contributed by atoms with Gasteiger partial charge in [-0.15, -0.1) is 11.3 Å². The number of likely N-dealkylation sites (tertiary alicyclic amines) is 1. The van der Waals surface area contributed by atoms with E-state index >= 15 is 0 Å². The molecule has 4 rings (SSSR count). The highest BCUT2D eigenvalue weighted by Crippen LogP contribution is 2.31. The normalized spacial score (nSPS) is 13.8. The van der Waals surface area contributed by atoms with Gasteiger partial charge < -0.3 is 9.64 Å². The fourth-order valence-electron chi connectivity index (χ4n) is 4.04. The van der Waals surface area contributed by atoms with Gasteiger partial charge in [-0.3, -0.25) is 14.2 Å². The molecule has 0 bridgehead atoms. The number of carbonyl (C=O) groups excluding carboxylic acids is 1. The molecule has 2 aromatic heterocycles. The lowest BCUT2D eigenvalue weighted by Crippen LogP contribution is -2.29. The summed E-state index contributed by atoms with van der Waals surface area (Å²) in [6.07, 6.45) is 4.08. The summed E-state index contributed by atoms with van der Waals surface area (Å²) < 4.78 is 7.20. The van der Waals surface area contributed by atoms with E-state index in [1.165, 1.54) is 16.6 Å². The predicted octanol–water partition coefficient (Wildman–Crippen LogP) is 4.82. The minimum atomic E-state index is -0.0774. The van der Waals surface area contributed by atoms with Crippen LogP contribution in [0.2, 0.25) is 0 Å². The number of benzene rings is 1. The Hall–Kier alpha value is -2.32. The Bertz CT molecular complexity index is 1160. The number of aromatic nitrogens is 2. The zero-order valence-electron chi connectivity index (χ0n) is 18.8. The number of hydrogen-bond donors (Lipinski definition) is 0. The number of fused-ring (bicyclic) bond motifs is 1. The number of rotatable bonds is 8. The van der Waals surface area contributed by atoms with Gasteiger partial charge in [-0.1, -0.05) is 25.1 Å². The summed E-state index contributed by atoms with van der Waals surface area (Å²) in [6.45, 7) is 8.32. The molecule has 1 aliphatic heterocycles. The first-order valence-electron chi connectivity index (χ1n) is 11.2. The maximum Gasteiger partial charge on any atom is 0.267 e. The summed E-state index contributed by atoms with van der Waals surface area (Å²) >= 11 is 2.94. The van der Waals surface area contributed by atoms with E-state index in [0.29, 0.717) is 17.1 Å². The van der Waals surface area contributed by atoms with E-state index in [-0.39, 0.29) is 17.2 Å². The van der Waals surface area contributed by atoms with Gasteiger partial charge in [0.2, 0.25) is 5.91 Å². The average Bonchev–Trinajstić information content (AvgIpc) is 3.42. The van der Waals surface area contributed by atoms with Crippen LogP contribution in [0.15, 0.2) is 34.2 Å². The number of nitrogens with zero attached hydrogens (tertiary/aromatic N) is 3. The summed E-state index contributed by atoms with van der Waals surface area (Å²) in [5.41, 5.74) is 1.67. The maximum absolute atomic E-state index is 13.7. The van der Waals surface area contributed by atoms with E-state index in [1.54, 1.807) is 15.9 Å². The molecule has 1 aliphatic rings. The molecule has 1 aromatic carbocycles. The second kappa shape index (κ2) is 10.1. The molecule has 170 valence electrons. The number of hydrogen-bond acceptors (Lipinski definition) is 6. The Morgan fingerprint density at radius 3 is 2.56 bits per heavy atom. The largest absolute Gasteiger partial charge is 0.494 e. The molecular weight excluding hydrogens is 442 g/mol. The summed E-state index contributed by atoms with van der Waals surface area (Å²) in [5.74, 6) is 1.14. The summed E-state index contributed by atoms with van der Waals surface area (Å²) in [4.78, 5) is 35.1. The number of amides is 1. The Labute approximate surface area is 196 Å². The smallest absolute Gasteiger partial charge is 0.267 e. The molecule has 32 heavy (non-hydrogen) atoms. The zero-order valence-corrected chi connectivity index (χ0v) is 20.5. The van der Waals surface area contributed by atoms with E-state index in [9.17, 15) is 9.59 Å². The number of thiophene rings is 1.